The molecule has 0 saturated carbocycles. The number of amides is 1. The molecule has 0 aliphatic carbocycles. The maximum atomic E-state index is 12.7. The predicted molar refractivity (Wildman–Crippen MR) is 102 cm³/mol. The molecule has 1 amide bonds. The summed E-state index contributed by atoms with van der Waals surface area (Å²) >= 11 is 0. The van der Waals surface area contributed by atoms with Gasteiger partial charge in [-0.3, -0.25) is 14.2 Å². The zero-order valence-corrected chi connectivity index (χ0v) is 15.7. The molecular weight excluding hydrogens is 356 g/mol. The van der Waals surface area contributed by atoms with Gasteiger partial charge in [0.15, 0.2) is 0 Å². The van der Waals surface area contributed by atoms with Crippen molar-refractivity contribution in [2.24, 2.45) is 0 Å². The number of aryl methyl sites for hydroxylation is 2. The van der Waals surface area contributed by atoms with Crippen LogP contribution in [0.2, 0.25) is 0 Å². The van der Waals surface area contributed by atoms with Crippen molar-refractivity contribution in [2.75, 3.05) is 6.54 Å². The second-order valence-corrected chi connectivity index (χ2v) is 7.03. The topological polar surface area (TPSA) is 89.1 Å². The van der Waals surface area contributed by atoms with Crippen LogP contribution in [0, 0.1) is 0 Å². The molecule has 1 aliphatic heterocycles. The summed E-state index contributed by atoms with van der Waals surface area (Å²) in [6, 6.07) is 11.4. The average Bonchev–Trinajstić information content (AvgIpc) is 3.33. The Morgan fingerprint density at radius 2 is 2.07 bits per heavy atom. The molecule has 8 nitrogen and oxygen atoms in total. The number of rotatable bonds is 6. The largest absolute Gasteiger partial charge is 0.382 e. The lowest BCUT2D eigenvalue weighted by Gasteiger charge is -2.20. The number of carbonyl (C=O) groups excluding carboxylic acids is 1. The summed E-state index contributed by atoms with van der Waals surface area (Å²) in [5, 5.41) is 19.3. The molecule has 1 atom stereocenters. The van der Waals surface area contributed by atoms with Crippen LogP contribution in [0.3, 0.4) is 0 Å². The maximum absolute atomic E-state index is 12.7. The van der Waals surface area contributed by atoms with Crippen molar-refractivity contribution in [2.45, 2.75) is 45.0 Å². The number of aliphatic hydroxyl groups is 1. The Kier molecular flexibility index (Phi) is 5.48. The van der Waals surface area contributed by atoms with E-state index in [0.717, 1.165) is 37.2 Å². The molecule has 0 bridgehead atoms. The number of benzene rings is 1. The third-order valence-corrected chi connectivity index (χ3v) is 5.03. The standard InChI is InChI=1S/C20H24N6O2/c27-19(8-4-10-25-15-21-14-22-25)24-9-5-11-26-17(13-24)12-18(23-26)20(28)16-6-2-1-3-7-16/h1-3,6-7,12,14-15,20,28H,4-5,8-11,13H2/t20-/m0/s1. The fraction of sp³-hybridized carbons (Fsp3) is 0.400. The van der Waals surface area contributed by atoms with Crippen LogP contribution in [-0.2, 0) is 24.4 Å². The average molecular weight is 380 g/mol. The summed E-state index contributed by atoms with van der Waals surface area (Å²) in [6.45, 7) is 2.68. The lowest BCUT2D eigenvalue weighted by Crippen LogP contribution is -2.30. The number of hydrogen-bond acceptors (Lipinski definition) is 5. The monoisotopic (exact) mass is 380 g/mol. The van der Waals surface area contributed by atoms with Crippen LogP contribution in [0.15, 0.2) is 49.1 Å². The Bertz CT molecular complexity index is 906. The highest BCUT2D eigenvalue weighted by Crippen LogP contribution is 2.23. The number of carbonyl (C=O) groups is 1. The smallest absolute Gasteiger partial charge is 0.222 e. The van der Waals surface area contributed by atoms with Gasteiger partial charge in [-0.25, -0.2) is 4.98 Å². The minimum absolute atomic E-state index is 0.139. The molecule has 0 fully saturated rings. The Labute approximate surface area is 163 Å². The zero-order chi connectivity index (χ0) is 19.3. The molecule has 4 rings (SSSR count). The van der Waals surface area contributed by atoms with Crippen LogP contribution in [0.5, 0.6) is 0 Å². The van der Waals surface area contributed by atoms with Crippen LogP contribution >= 0.6 is 0 Å². The van der Waals surface area contributed by atoms with Crippen molar-refractivity contribution in [1.82, 2.24) is 29.4 Å². The predicted octanol–water partition coefficient (Wildman–Crippen LogP) is 1.77. The lowest BCUT2D eigenvalue weighted by atomic mass is 10.1. The summed E-state index contributed by atoms with van der Waals surface area (Å²) in [7, 11) is 0. The lowest BCUT2D eigenvalue weighted by molar-refractivity contribution is -0.132. The molecule has 0 radical (unpaired) electrons. The van der Waals surface area contributed by atoms with E-state index in [-0.39, 0.29) is 5.91 Å². The highest BCUT2D eigenvalue weighted by molar-refractivity contribution is 5.76. The molecule has 0 unspecified atom stereocenters. The van der Waals surface area contributed by atoms with Crippen LogP contribution in [0.1, 0.15) is 42.3 Å². The SMILES string of the molecule is O=C(CCCn1cncn1)N1CCCn2nc([C@@H](O)c3ccccc3)cc2C1. The number of fused-ring (bicyclic) bond motifs is 1. The molecule has 2 aromatic heterocycles. The van der Waals surface area contributed by atoms with E-state index in [0.29, 0.717) is 25.2 Å². The Hall–Kier alpha value is -3.00. The fourth-order valence-corrected chi connectivity index (χ4v) is 3.54. The first-order chi connectivity index (χ1) is 13.7. The van der Waals surface area contributed by atoms with Crippen molar-refractivity contribution in [1.29, 1.82) is 0 Å². The highest BCUT2D eigenvalue weighted by atomic mass is 16.3. The van der Waals surface area contributed by atoms with Gasteiger partial charge in [0.05, 0.1) is 17.9 Å². The Morgan fingerprint density at radius 3 is 2.86 bits per heavy atom. The molecule has 1 aliphatic rings. The first-order valence-electron chi connectivity index (χ1n) is 9.60. The molecule has 3 aromatic rings. The number of aromatic nitrogens is 5. The molecule has 1 N–H and O–H groups in total. The van der Waals surface area contributed by atoms with Crippen molar-refractivity contribution in [3.05, 3.63) is 66.0 Å². The summed E-state index contributed by atoms with van der Waals surface area (Å²) in [6.07, 6.45) is 4.47. The first-order valence-corrected chi connectivity index (χ1v) is 9.60. The normalized spacial score (nSPS) is 15.1. The van der Waals surface area contributed by atoms with Gasteiger partial charge in [0.25, 0.3) is 0 Å². The van der Waals surface area contributed by atoms with E-state index in [1.165, 1.54) is 6.33 Å². The van der Waals surface area contributed by atoms with Crippen molar-refractivity contribution >= 4 is 5.91 Å². The van der Waals surface area contributed by atoms with E-state index >= 15 is 0 Å². The van der Waals surface area contributed by atoms with Gasteiger partial charge in [-0.15, -0.1) is 0 Å². The Balaban J connectivity index is 1.40. The van der Waals surface area contributed by atoms with Gasteiger partial charge in [0.2, 0.25) is 5.91 Å². The highest BCUT2D eigenvalue weighted by Gasteiger charge is 2.22. The summed E-state index contributed by atoms with van der Waals surface area (Å²) in [4.78, 5) is 18.5. The van der Waals surface area contributed by atoms with Gasteiger partial charge < -0.3 is 10.0 Å². The molecule has 3 heterocycles. The summed E-state index contributed by atoms with van der Waals surface area (Å²) in [5.41, 5.74) is 2.41. The Morgan fingerprint density at radius 1 is 1.21 bits per heavy atom. The van der Waals surface area contributed by atoms with Crippen molar-refractivity contribution in [3.63, 3.8) is 0 Å². The molecule has 28 heavy (non-hydrogen) atoms. The molecule has 0 spiro atoms. The van der Waals surface area contributed by atoms with Crippen LogP contribution in [0.4, 0.5) is 0 Å². The van der Waals surface area contributed by atoms with E-state index in [2.05, 4.69) is 15.2 Å². The van der Waals surface area contributed by atoms with Crippen LogP contribution in [-0.4, -0.2) is 47.0 Å². The van der Waals surface area contributed by atoms with Crippen LogP contribution < -0.4 is 0 Å². The van der Waals surface area contributed by atoms with Crippen molar-refractivity contribution in [3.8, 4) is 0 Å². The number of hydrogen-bond donors (Lipinski definition) is 1. The minimum Gasteiger partial charge on any atom is -0.382 e. The van der Waals surface area contributed by atoms with E-state index in [1.807, 2.05) is 46.0 Å². The third kappa shape index (κ3) is 4.12. The van der Waals surface area contributed by atoms with E-state index in [9.17, 15) is 9.90 Å². The molecule has 0 saturated heterocycles. The van der Waals surface area contributed by atoms with E-state index in [4.69, 9.17) is 0 Å². The molecule has 146 valence electrons. The van der Waals surface area contributed by atoms with Gasteiger partial charge in [0.1, 0.15) is 18.8 Å². The van der Waals surface area contributed by atoms with Crippen molar-refractivity contribution < 1.29 is 9.90 Å². The van der Waals surface area contributed by atoms with Gasteiger partial charge in [-0.05, 0) is 24.5 Å². The number of aliphatic hydroxyl groups excluding tert-OH is 1. The second kappa shape index (κ2) is 8.35. The zero-order valence-electron chi connectivity index (χ0n) is 15.7. The molecular formula is C20H24N6O2. The molecule has 1 aromatic carbocycles. The quantitative estimate of drug-likeness (QED) is 0.704. The van der Waals surface area contributed by atoms with E-state index in [1.54, 1.807) is 11.0 Å². The maximum Gasteiger partial charge on any atom is 0.222 e. The number of nitrogens with zero attached hydrogens (tertiary/aromatic N) is 6. The minimum atomic E-state index is -0.757. The van der Waals surface area contributed by atoms with Gasteiger partial charge in [-0.2, -0.15) is 10.2 Å². The third-order valence-electron chi connectivity index (χ3n) is 5.03. The second-order valence-electron chi connectivity index (χ2n) is 7.03. The molecule has 8 heteroatoms. The fourth-order valence-electron chi connectivity index (χ4n) is 3.54. The summed E-state index contributed by atoms with van der Waals surface area (Å²) < 4.78 is 3.66. The van der Waals surface area contributed by atoms with Gasteiger partial charge in [-0.1, -0.05) is 30.3 Å². The first kappa shape index (κ1) is 18.4. The van der Waals surface area contributed by atoms with E-state index < -0.39 is 6.10 Å². The summed E-state index contributed by atoms with van der Waals surface area (Å²) in [5.74, 6) is 0.139. The van der Waals surface area contributed by atoms with Crippen LogP contribution in [0.25, 0.3) is 0 Å². The van der Waals surface area contributed by atoms with Gasteiger partial charge >= 0.3 is 0 Å². The van der Waals surface area contributed by atoms with Gasteiger partial charge in [0, 0.05) is 26.1 Å².